The Morgan fingerprint density at radius 1 is 1.25 bits per heavy atom. The number of hydrogen-bond acceptors (Lipinski definition) is 5. The zero-order valence-corrected chi connectivity index (χ0v) is 11.6. The molecular formula is C14H17N3O3. The zero-order valence-electron chi connectivity index (χ0n) is 11.6. The molecule has 0 spiro atoms. The molecule has 0 saturated carbocycles. The molecular weight excluding hydrogens is 258 g/mol. The molecule has 2 rings (SSSR count). The lowest BCUT2D eigenvalue weighted by molar-refractivity contribution is -0.383. The van der Waals surface area contributed by atoms with Crippen LogP contribution < -0.4 is 10.6 Å². The molecule has 2 N–H and O–H groups in total. The number of nitro benzene ring substituents is 1. The van der Waals surface area contributed by atoms with Gasteiger partial charge in [-0.1, -0.05) is 6.07 Å². The highest BCUT2D eigenvalue weighted by Gasteiger charge is 2.21. The fourth-order valence-electron chi connectivity index (χ4n) is 2.05. The van der Waals surface area contributed by atoms with Crippen LogP contribution in [0.15, 0.2) is 34.7 Å². The van der Waals surface area contributed by atoms with Crippen molar-refractivity contribution in [3.8, 4) is 0 Å². The van der Waals surface area contributed by atoms with Gasteiger partial charge in [-0.3, -0.25) is 10.1 Å². The van der Waals surface area contributed by atoms with Gasteiger partial charge in [0.2, 0.25) is 0 Å². The van der Waals surface area contributed by atoms with Crippen LogP contribution in [0.5, 0.6) is 0 Å². The van der Waals surface area contributed by atoms with Crippen molar-refractivity contribution in [2.24, 2.45) is 0 Å². The average molecular weight is 275 g/mol. The van der Waals surface area contributed by atoms with Gasteiger partial charge in [0.25, 0.3) is 0 Å². The number of anilines is 2. The van der Waals surface area contributed by atoms with Crippen LogP contribution in [0.3, 0.4) is 0 Å². The fourth-order valence-corrected chi connectivity index (χ4v) is 2.05. The van der Waals surface area contributed by atoms with Crippen molar-refractivity contribution >= 4 is 17.1 Å². The van der Waals surface area contributed by atoms with Gasteiger partial charge in [-0.15, -0.1) is 0 Å². The second kappa shape index (κ2) is 5.64. The third-order valence-corrected chi connectivity index (χ3v) is 3.05. The number of nitrogens with one attached hydrogen (secondary N) is 2. The summed E-state index contributed by atoms with van der Waals surface area (Å²) in [6.07, 6.45) is 0. The van der Waals surface area contributed by atoms with E-state index >= 15 is 0 Å². The van der Waals surface area contributed by atoms with Crippen LogP contribution in [0.4, 0.5) is 17.1 Å². The molecule has 0 saturated heterocycles. The molecule has 0 radical (unpaired) electrons. The molecule has 0 aliphatic heterocycles. The van der Waals surface area contributed by atoms with Crippen molar-refractivity contribution in [3.05, 3.63) is 52.0 Å². The summed E-state index contributed by atoms with van der Waals surface area (Å²) in [5, 5.41) is 17.2. The number of hydrogen-bond donors (Lipinski definition) is 2. The highest BCUT2D eigenvalue weighted by Crippen LogP contribution is 2.34. The third-order valence-electron chi connectivity index (χ3n) is 3.05. The molecule has 1 aromatic carbocycles. The number of para-hydroxylation sites is 1. The maximum Gasteiger partial charge on any atom is 0.315 e. The van der Waals surface area contributed by atoms with Gasteiger partial charge >= 0.3 is 5.69 Å². The Morgan fingerprint density at radius 2 is 1.95 bits per heavy atom. The van der Waals surface area contributed by atoms with Crippen molar-refractivity contribution in [3.63, 3.8) is 0 Å². The summed E-state index contributed by atoms with van der Waals surface area (Å²) < 4.78 is 5.53. The molecule has 6 nitrogen and oxygen atoms in total. The maximum absolute atomic E-state index is 11.2. The predicted octanol–water partition coefficient (Wildman–Crippen LogP) is 3.71. The first-order chi connectivity index (χ1) is 9.52. The second-order valence-electron chi connectivity index (χ2n) is 4.52. The quantitative estimate of drug-likeness (QED) is 0.642. The van der Waals surface area contributed by atoms with Gasteiger partial charge < -0.3 is 15.1 Å². The molecule has 0 aliphatic carbocycles. The minimum Gasteiger partial charge on any atom is -0.464 e. The first kappa shape index (κ1) is 13.9. The van der Waals surface area contributed by atoms with Crippen molar-refractivity contribution in [1.29, 1.82) is 0 Å². The topological polar surface area (TPSA) is 80.3 Å². The largest absolute Gasteiger partial charge is 0.464 e. The van der Waals surface area contributed by atoms with Crippen LogP contribution in [-0.4, -0.2) is 12.0 Å². The Bertz CT molecular complexity index is 622. The molecule has 1 aromatic heterocycles. The Hall–Kier alpha value is -2.50. The average Bonchev–Trinajstić information content (AvgIpc) is 2.84. The van der Waals surface area contributed by atoms with Crippen LogP contribution in [0.25, 0.3) is 0 Å². The first-order valence-electron chi connectivity index (χ1n) is 6.31. The van der Waals surface area contributed by atoms with Gasteiger partial charge in [-0.05, 0) is 38.1 Å². The summed E-state index contributed by atoms with van der Waals surface area (Å²) >= 11 is 0. The minimum absolute atomic E-state index is 0.0325. The lowest BCUT2D eigenvalue weighted by Gasteiger charge is -2.14. The zero-order chi connectivity index (χ0) is 14.7. The number of nitro groups is 1. The van der Waals surface area contributed by atoms with Crippen LogP contribution >= 0.6 is 0 Å². The van der Waals surface area contributed by atoms with Crippen molar-refractivity contribution in [2.75, 3.05) is 17.7 Å². The standard InChI is InChI=1S/C14H17N3O3/c1-9-7-8-13(20-9)10(2)16-12-6-4-5-11(15-3)14(12)17(18)19/h4-8,10,15-16H,1-3H3. The molecule has 0 aliphatic rings. The van der Waals surface area contributed by atoms with Gasteiger partial charge in [0.15, 0.2) is 0 Å². The Morgan fingerprint density at radius 3 is 2.50 bits per heavy atom. The molecule has 6 heteroatoms. The second-order valence-corrected chi connectivity index (χ2v) is 4.52. The van der Waals surface area contributed by atoms with E-state index in [9.17, 15) is 10.1 Å². The van der Waals surface area contributed by atoms with Gasteiger partial charge in [0.05, 0.1) is 11.0 Å². The van der Waals surface area contributed by atoms with E-state index in [2.05, 4.69) is 10.6 Å². The Balaban J connectivity index is 2.31. The van der Waals surface area contributed by atoms with E-state index in [1.54, 1.807) is 25.2 Å². The highest BCUT2D eigenvalue weighted by atomic mass is 16.6. The number of aryl methyl sites for hydroxylation is 1. The fraction of sp³-hybridized carbons (Fsp3) is 0.286. The molecule has 0 amide bonds. The highest BCUT2D eigenvalue weighted by molar-refractivity contribution is 5.76. The molecule has 0 bridgehead atoms. The lowest BCUT2D eigenvalue weighted by atomic mass is 10.2. The third kappa shape index (κ3) is 2.74. The van der Waals surface area contributed by atoms with Gasteiger partial charge in [-0.25, -0.2) is 0 Å². The molecule has 106 valence electrons. The van der Waals surface area contributed by atoms with Crippen molar-refractivity contribution in [2.45, 2.75) is 19.9 Å². The molecule has 20 heavy (non-hydrogen) atoms. The molecule has 1 atom stereocenters. The first-order valence-corrected chi connectivity index (χ1v) is 6.31. The Labute approximate surface area is 116 Å². The van der Waals surface area contributed by atoms with E-state index in [0.717, 1.165) is 11.5 Å². The lowest BCUT2D eigenvalue weighted by Crippen LogP contribution is -2.08. The smallest absolute Gasteiger partial charge is 0.315 e. The van der Waals surface area contributed by atoms with Gasteiger partial charge in [0, 0.05) is 7.05 Å². The summed E-state index contributed by atoms with van der Waals surface area (Å²) in [4.78, 5) is 10.8. The molecule has 1 unspecified atom stereocenters. The summed E-state index contributed by atoms with van der Waals surface area (Å²) in [6.45, 7) is 3.76. The molecule has 2 aromatic rings. The van der Waals surface area contributed by atoms with Crippen LogP contribution in [0.2, 0.25) is 0 Å². The Kier molecular flexibility index (Phi) is 3.93. The molecule has 0 fully saturated rings. The molecule has 1 heterocycles. The maximum atomic E-state index is 11.2. The van der Waals surface area contributed by atoms with Gasteiger partial charge in [-0.2, -0.15) is 0 Å². The van der Waals surface area contributed by atoms with E-state index in [-0.39, 0.29) is 11.7 Å². The predicted molar refractivity (Wildman–Crippen MR) is 78.1 cm³/mol. The normalized spacial score (nSPS) is 11.9. The van der Waals surface area contributed by atoms with E-state index in [0.29, 0.717) is 11.4 Å². The summed E-state index contributed by atoms with van der Waals surface area (Å²) in [5.41, 5.74) is 0.969. The van der Waals surface area contributed by atoms with Crippen LogP contribution in [0.1, 0.15) is 24.5 Å². The van der Waals surface area contributed by atoms with E-state index in [4.69, 9.17) is 4.42 Å². The monoisotopic (exact) mass is 275 g/mol. The van der Waals surface area contributed by atoms with Crippen LogP contribution in [0, 0.1) is 17.0 Å². The number of nitrogens with zero attached hydrogens (tertiary/aromatic N) is 1. The van der Waals surface area contributed by atoms with Crippen molar-refractivity contribution in [1.82, 2.24) is 0 Å². The summed E-state index contributed by atoms with van der Waals surface area (Å²) in [6, 6.07) is 8.69. The summed E-state index contributed by atoms with van der Waals surface area (Å²) in [7, 11) is 1.66. The number of benzene rings is 1. The van der Waals surface area contributed by atoms with Crippen LogP contribution in [-0.2, 0) is 0 Å². The minimum atomic E-state index is -0.395. The van der Waals surface area contributed by atoms with E-state index in [1.165, 1.54) is 0 Å². The van der Waals surface area contributed by atoms with Crippen molar-refractivity contribution < 1.29 is 9.34 Å². The number of rotatable bonds is 5. The van der Waals surface area contributed by atoms with E-state index in [1.807, 2.05) is 26.0 Å². The van der Waals surface area contributed by atoms with E-state index < -0.39 is 4.92 Å². The summed E-state index contributed by atoms with van der Waals surface area (Å²) in [5.74, 6) is 1.55. The van der Waals surface area contributed by atoms with Gasteiger partial charge in [0.1, 0.15) is 22.9 Å². The number of furan rings is 1. The SMILES string of the molecule is CNc1cccc(NC(C)c2ccc(C)o2)c1[N+](=O)[O-].